The summed E-state index contributed by atoms with van der Waals surface area (Å²) >= 11 is 0. The Balaban J connectivity index is 2.67. The highest BCUT2D eigenvalue weighted by Gasteiger charge is 2.36. The maximum absolute atomic E-state index is 10.6. The second-order valence-electron chi connectivity index (χ2n) is 2.85. The molecule has 2 N–H and O–H groups in total. The molecule has 1 rings (SSSR count). The van der Waals surface area contributed by atoms with Crippen LogP contribution in [0.3, 0.4) is 0 Å². The second kappa shape index (κ2) is 2.62. The molecule has 4 nitrogen and oxygen atoms in total. The third kappa shape index (κ3) is 1.40. The van der Waals surface area contributed by atoms with E-state index in [1.54, 1.807) is 6.92 Å². The van der Waals surface area contributed by atoms with E-state index in [4.69, 9.17) is 5.11 Å². The molecule has 2 unspecified atom stereocenters. The number of hydrogen-bond acceptors (Lipinski definition) is 3. The van der Waals surface area contributed by atoms with Crippen LogP contribution in [0.1, 0.15) is 20.3 Å². The van der Waals surface area contributed by atoms with Gasteiger partial charge in [-0.25, -0.2) is 4.79 Å². The number of carboxylic acids is 1. The standard InChI is InChI=1S/C7H12N2O2/c1-3-5-8-4-7(2,9-5)6(10)11/h4-5,9H,3H2,1-2H3,(H,10,11). The molecule has 62 valence electrons. The Morgan fingerprint density at radius 2 is 2.55 bits per heavy atom. The molecule has 2 atom stereocenters. The smallest absolute Gasteiger partial charge is 0.329 e. The van der Waals surface area contributed by atoms with E-state index in [1.807, 2.05) is 6.92 Å². The molecule has 4 heteroatoms. The largest absolute Gasteiger partial charge is 0.480 e. The fraction of sp³-hybridized carbons (Fsp3) is 0.714. The Hall–Kier alpha value is -0.900. The minimum absolute atomic E-state index is 0.0314. The molecule has 0 radical (unpaired) electrons. The summed E-state index contributed by atoms with van der Waals surface area (Å²) in [6.07, 6.45) is 2.25. The molecule has 0 aromatic heterocycles. The molecule has 0 amide bonds. The summed E-state index contributed by atoms with van der Waals surface area (Å²) in [6, 6.07) is 0. The molecule has 1 heterocycles. The van der Waals surface area contributed by atoms with Crippen LogP contribution in [0.2, 0.25) is 0 Å². The number of carbonyl (C=O) groups is 1. The Morgan fingerprint density at radius 3 is 2.82 bits per heavy atom. The number of aliphatic carboxylic acids is 1. The number of nitrogens with zero attached hydrogens (tertiary/aromatic N) is 1. The fourth-order valence-electron chi connectivity index (χ4n) is 0.984. The Bertz CT molecular complexity index is 203. The van der Waals surface area contributed by atoms with Gasteiger partial charge in [0.2, 0.25) is 0 Å². The molecule has 0 saturated heterocycles. The lowest BCUT2D eigenvalue weighted by atomic mass is 10.1. The monoisotopic (exact) mass is 156 g/mol. The predicted octanol–water partition coefficient (Wildman–Crippen LogP) is 0.240. The van der Waals surface area contributed by atoms with Crippen molar-refractivity contribution in [3.8, 4) is 0 Å². The van der Waals surface area contributed by atoms with E-state index in [1.165, 1.54) is 6.21 Å². The number of hydrogen-bond donors (Lipinski definition) is 2. The average molecular weight is 156 g/mol. The first-order valence-corrected chi connectivity index (χ1v) is 3.64. The van der Waals surface area contributed by atoms with Crippen molar-refractivity contribution in [2.45, 2.75) is 32.0 Å². The Morgan fingerprint density at radius 1 is 1.91 bits per heavy atom. The number of rotatable bonds is 2. The maximum Gasteiger partial charge on any atom is 0.329 e. The summed E-state index contributed by atoms with van der Waals surface area (Å²) in [7, 11) is 0. The first-order chi connectivity index (χ1) is 5.08. The lowest BCUT2D eigenvalue weighted by Crippen LogP contribution is -2.49. The van der Waals surface area contributed by atoms with Crippen LogP contribution in [0.15, 0.2) is 4.99 Å². The van der Waals surface area contributed by atoms with E-state index in [2.05, 4.69) is 10.3 Å². The van der Waals surface area contributed by atoms with Gasteiger partial charge in [0.05, 0.1) is 6.17 Å². The molecular formula is C7H12N2O2. The fourth-order valence-corrected chi connectivity index (χ4v) is 0.984. The van der Waals surface area contributed by atoms with Gasteiger partial charge in [-0.1, -0.05) is 6.92 Å². The third-order valence-corrected chi connectivity index (χ3v) is 1.81. The van der Waals surface area contributed by atoms with Gasteiger partial charge >= 0.3 is 5.97 Å². The summed E-state index contributed by atoms with van der Waals surface area (Å²) in [5, 5.41) is 11.6. The first-order valence-electron chi connectivity index (χ1n) is 3.64. The van der Waals surface area contributed by atoms with Gasteiger partial charge in [-0.2, -0.15) is 0 Å². The molecule has 1 aliphatic heterocycles. The molecule has 1 aliphatic rings. The van der Waals surface area contributed by atoms with Crippen molar-refractivity contribution in [2.75, 3.05) is 0 Å². The average Bonchev–Trinajstić information content (AvgIpc) is 2.33. The van der Waals surface area contributed by atoms with Gasteiger partial charge in [-0.15, -0.1) is 0 Å². The van der Waals surface area contributed by atoms with Crippen LogP contribution in [0.25, 0.3) is 0 Å². The minimum atomic E-state index is -0.958. The number of nitrogens with one attached hydrogen (secondary N) is 1. The van der Waals surface area contributed by atoms with E-state index < -0.39 is 11.5 Å². The maximum atomic E-state index is 10.6. The molecule has 11 heavy (non-hydrogen) atoms. The van der Waals surface area contributed by atoms with E-state index in [-0.39, 0.29) is 6.17 Å². The molecule has 0 saturated carbocycles. The van der Waals surface area contributed by atoms with Crippen LogP contribution >= 0.6 is 0 Å². The quantitative estimate of drug-likeness (QED) is 0.602. The predicted molar refractivity (Wildman–Crippen MR) is 41.7 cm³/mol. The van der Waals surface area contributed by atoms with Gasteiger partial charge in [0.1, 0.15) is 0 Å². The summed E-state index contributed by atoms with van der Waals surface area (Å²) in [5.74, 6) is -0.878. The lowest BCUT2D eigenvalue weighted by Gasteiger charge is -2.17. The van der Waals surface area contributed by atoms with Gasteiger partial charge in [0.15, 0.2) is 5.54 Å². The normalized spacial score (nSPS) is 36.0. The highest BCUT2D eigenvalue weighted by atomic mass is 16.4. The molecule has 0 spiro atoms. The summed E-state index contributed by atoms with van der Waals surface area (Å²) in [4.78, 5) is 14.6. The van der Waals surface area contributed by atoms with Gasteiger partial charge in [-0.05, 0) is 13.3 Å². The van der Waals surface area contributed by atoms with Crippen LogP contribution in [-0.4, -0.2) is 29.0 Å². The molecule has 0 bridgehead atoms. The van der Waals surface area contributed by atoms with Gasteiger partial charge in [-0.3, -0.25) is 10.3 Å². The minimum Gasteiger partial charge on any atom is -0.480 e. The highest BCUT2D eigenvalue weighted by molar-refractivity contribution is 5.99. The zero-order valence-electron chi connectivity index (χ0n) is 6.66. The van der Waals surface area contributed by atoms with Crippen LogP contribution in [0.5, 0.6) is 0 Å². The van der Waals surface area contributed by atoms with Gasteiger partial charge < -0.3 is 5.11 Å². The summed E-state index contributed by atoms with van der Waals surface area (Å²) in [6.45, 7) is 3.57. The van der Waals surface area contributed by atoms with Gasteiger partial charge in [0, 0.05) is 6.21 Å². The van der Waals surface area contributed by atoms with Crippen molar-refractivity contribution >= 4 is 12.2 Å². The topological polar surface area (TPSA) is 61.7 Å². The zero-order chi connectivity index (χ0) is 8.48. The molecule has 0 aromatic carbocycles. The van der Waals surface area contributed by atoms with E-state index in [0.717, 1.165) is 6.42 Å². The number of carboxylic acid groups (broad SMARTS) is 1. The second-order valence-corrected chi connectivity index (χ2v) is 2.85. The first kappa shape index (κ1) is 8.20. The summed E-state index contributed by atoms with van der Waals surface area (Å²) in [5.41, 5.74) is -0.958. The van der Waals surface area contributed by atoms with Crippen molar-refractivity contribution in [2.24, 2.45) is 4.99 Å². The Kier molecular flexibility index (Phi) is 1.95. The van der Waals surface area contributed by atoms with Crippen LogP contribution in [0.4, 0.5) is 0 Å². The summed E-state index contributed by atoms with van der Waals surface area (Å²) < 4.78 is 0. The molecule has 0 aromatic rings. The van der Waals surface area contributed by atoms with E-state index >= 15 is 0 Å². The van der Waals surface area contributed by atoms with E-state index in [0.29, 0.717) is 0 Å². The van der Waals surface area contributed by atoms with Crippen LogP contribution in [-0.2, 0) is 4.79 Å². The van der Waals surface area contributed by atoms with Crippen molar-refractivity contribution < 1.29 is 9.90 Å². The van der Waals surface area contributed by atoms with Crippen molar-refractivity contribution in [3.05, 3.63) is 0 Å². The highest BCUT2D eigenvalue weighted by Crippen LogP contribution is 2.11. The van der Waals surface area contributed by atoms with Crippen molar-refractivity contribution in [3.63, 3.8) is 0 Å². The van der Waals surface area contributed by atoms with E-state index in [9.17, 15) is 4.79 Å². The SMILES string of the molecule is CCC1N=CC(C)(C(=O)O)N1. The van der Waals surface area contributed by atoms with Crippen molar-refractivity contribution in [1.29, 1.82) is 0 Å². The third-order valence-electron chi connectivity index (χ3n) is 1.81. The molecule has 0 aliphatic carbocycles. The lowest BCUT2D eigenvalue weighted by molar-refractivity contribution is -0.141. The van der Waals surface area contributed by atoms with Crippen LogP contribution in [0, 0.1) is 0 Å². The Labute approximate surface area is 65.3 Å². The van der Waals surface area contributed by atoms with Gasteiger partial charge in [0.25, 0.3) is 0 Å². The molecule has 0 fully saturated rings. The van der Waals surface area contributed by atoms with Crippen molar-refractivity contribution in [1.82, 2.24) is 5.32 Å². The molecular weight excluding hydrogens is 144 g/mol. The zero-order valence-corrected chi connectivity index (χ0v) is 6.66. The van der Waals surface area contributed by atoms with Crippen LogP contribution < -0.4 is 5.32 Å². The number of aliphatic imine (C=N–C) groups is 1.